The first-order chi connectivity index (χ1) is 26.2. The zero-order valence-electron chi connectivity index (χ0n) is 33.2. The van der Waals surface area contributed by atoms with Crippen molar-refractivity contribution in [2.45, 2.75) is 128 Å². The van der Waals surface area contributed by atoms with Crippen molar-refractivity contribution in [3.05, 3.63) is 83.0 Å². The van der Waals surface area contributed by atoms with E-state index in [1.807, 2.05) is 32.1 Å². The molecule has 12 atom stereocenters. The van der Waals surface area contributed by atoms with E-state index in [-0.39, 0.29) is 29.2 Å². The van der Waals surface area contributed by atoms with Crippen LogP contribution >= 0.6 is 0 Å². The molecule has 1 spiro atoms. The highest BCUT2D eigenvalue weighted by Gasteiger charge is 2.63. The lowest BCUT2D eigenvalue weighted by atomic mass is 9.70. The second-order valence-electron chi connectivity index (χ2n) is 16.1. The van der Waals surface area contributed by atoms with Crippen molar-refractivity contribution >= 4 is 17.7 Å². The average molecular weight is 764 g/mol. The van der Waals surface area contributed by atoms with Gasteiger partial charge in [-0.25, -0.2) is 4.79 Å². The van der Waals surface area contributed by atoms with Gasteiger partial charge in [0.25, 0.3) is 0 Å². The fourth-order valence-corrected chi connectivity index (χ4v) is 8.91. The summed E-state index contributed by atoms with van der Waals surface area (Å²) in [6, 6.07) is 8.96. The molecular formula is C43H57NO11. The van der Waals surface area contributed by atoms with Gasteiger partial charge < -0.3 is 43.5 Å². The van der Waals surface area contributed by atoms with E-state index in [0.717, 1.165) is 12.0 Å². The Balaban J connectivity index is 1.43. The molecule has 1 aliphatic carbocycles. The van der Waals surface area contributed by atoms with Crippen LogP contribution in [-0.4, -0.2) is 96.4 Å². The lowest BCUT2D eigenvalue weighted by Gasteiger charge is -2.50. The Morgan fingerprint density at radius 1 is 1.05 bits per heavy atom. The molecule has 12 nitrogen and oxygen atoms in total. The summed E-state index contributed by atoms with van der Waals surface area (Å²) in [4.78, 5) is 33.2. The minimum absolute atomic E-state index is 0.0245. The number of fused-ring (bicyclic) bond motifs is 2. The van der Waals surface area contributed by atoms with Crippen LogP contribution in [0.1, 0.15) is 79.2 Å². The van der Waals surface area contributed by atoms with Crippen LogP contribution in [-0.2, 0) is 42.8 Å². The molecule has 0 saturated carbocycles. The molecule has 7 unspecified atom stereocenters. The predicted octanol–water partition coefficient (Wildman–Crippen LogP) is 5.72. The maximum absolute atomic E-state index is 14.4. The predicted molar refractivity (Wildman–Crippen MR) is 203 cm³/mol. The fraction of sp³-hybridized carbons (Fsp3) is 0.605. The third-order valence-electron chi connectivity index (χ3n) is 11.8. The Labute approximate surface area is 324 Å². The summed E-state index contributed by atoms with van der Waals surface area (Å²) in [5.41, 5.74) is 0.0875. The number of hydrogen-bond donors (Lipinski definition) is 2. The number of hydrogen-bond acceptors (Lipinski definition) is 12. The highest BCUT2D eigenvalue weighted by Crippen LogP contribution is 2.49. The topological polar surface area (TPSA) is 152 Å². The van der Waals surface area contributed by atoms with Crippen molar-refractivity contribution in [3.63, 3.8) is 0 Å². The molecule has 3 fully saturated rings. The first-order valence-electron chi connectivity index (χ1n) is 19.5. The number of benzene rings is 1. The lowest BCUT2D eigenvalue weighted by molar-refractivity contribution is -0.340. The molecule has 12 heteroatoms. The molecule has 300 valence electrons. The Bertz CT molecular complexity index is 1720. The minimum Gasteiger partial charge on any atom is -0.462 e. The maximum Gasteiger partial charge on any atom is 0.361 e. The smallest absolute Gasteiger partial charge is 0.361 e. The molecule has 2 N–H and O–H groups in total. The number of ether oxygens (including phenoxy) is 6. The van der Waals surface area contributed by atoms with Gasteiger partial charge in [0.1, 0.15) is 43.0 Å². The minimum atomic E-state index is -1.99. The van der Waals surface area contributed by atoms with Crippen LogP contribution < -0.4 is 0 Å². The van der Waals surface area contributed by atoms with Gasteiger partial charge in [-0.3, -0.25) is 4.79 Å². The number of allylic oxidation sites excluding steroid dienone is 2. The Kier molecular flexibility index (Phi) is 12.5. The summed E-state index contributed by atoms with van der Waals surface area (Å²) in [5, 5.41) is 27.8. The van der Waals surface area contributed by atoms with Crippen molar-refractivity contribution in [2.24, 2.45) is 28.8 Å². The lowest BCUT2D eigenvalue weighted by Crippen LogP contribution is -2.58. The van der Waals surface area contributed by atoms with Gasteiger partial charge in [0.2, 0.25) is 0 Å². The monoisotopic (exact) mass is 763 g/mol. The normalized spacial score (nSPS) is 40.9. The second kappa shape index (κ2) is 16.8. The number of oxime groups is 1. The van der Waals surface area contributed by atoms with Gasteiger partial charge >= 0.3 is 11.9 Å². The fourth-order valence-electron chi connectivity index (χ4n) is 8.91. The number of aliphatic hydroxyl groups excluding tert-OH is 1. The van der Waals surface area contributed by atoms with Gasteiger partial charge in [0.05, 0.1) is 12.2 Å². The van der Waals surface area contributed by atoms with Crippen LogP contribution in [0.3, 0.4) is 0 Å². The summed E-state index contributed by atoms with van der Waals surface area (Å²) >= 11 is 0. The number of carbonyl (C=O) groups is 2. The molecule has 4 heterocycles. The molecule has 1 aromatic carbocycles. The molecule has 55 heavy (non-hydrogen) atoms. The van der Waals surface area contributed by atoms with Gasteiger partial charge in [-0.2, -0.15) is 0 Å². The van der Waals surface area contributed by atoms with Crippen molar-refractivity contribution < 1.29 is 53.1 Å². The summed E-state index contributed by atoms with van der Waals surface area (Å²) < 4.78 is 38.0. The van der Waals surface area contributed by atoms with Crippen LogP contribution in [0.4, 0.5) is 0 Å². The van der Waals surface area contributed by atoms with E-state index in [2.05, 4.69) is 25.9 Å². The van der Waals surface area contributed by atoms with Crippen molar-refractivity contribution in [2.75, 3.05) is 14.2 Å². The van der Waals surface area contributed by atoms with Crippen molar-refractivity contribution in [1.29, 1.82) is 0 Å². The summed E-state index contributed by atoms with van der Waals surface area (Å²) in [6.45, 7) is 12.0. The van der Waals surface area contributed by atoms with Gasteiger partial charge in [0, 0.05) is 43.4 Å². The summed E-state index contributed by atoms with van der Waals surface area (Å²) in [7, 11) is 2.81. The molecular weight excluding hydrogens is 706 g/mol. The van der Waals surface area contributed by atoms with Gasteiger partial charge in [-0.15, -0.1) is 0 Å². The van der Waals surface area contributed by atoms with Crippen molar-refractivity contribution in [1.82, 2.24) is 0 Å². The third kappa shape index (κ3) is 8.26. The average Bonchev–Trinajstić information content (AvgIpc) is 3.45. The van der Waals surface area contributed by atoms with Crippen LogP contribution in [0.5, 0.6) is 0 Å². The Morgan fingerprint density at radius 2 is 1.80 bits per heavy atom. The van der Waals surface area contributed by atoms with E-state index < -0.39 is 66.1 Å². The molecule has 0 radical (unpaired) electrons. The van der Waals surface area contributed by atoms with E-state index in [4.69, 9.17) is 33.3 Å². The first-order valence-corrected chi connectivity index (χ1v) is 19.5. The van der Waals surface area contributed by atoms with Crippen LogP contribution in [0.25, 0.3) is 0 Å². The summed E-state index contributed by atoms with van der Waals surface area (Å²) in [6.07, 6.45) is 6.17. The van der Waals surface area contributed by atoms with Crippen LogP contribution in [0.15, 0.2) is 82.6 Å². The maximum atomic E-state index is 14.4. The highest BCUT2D eigenvalue weighted by molar-refractivity contribution is 6.43. The first kappa shape index (κ1) is 41.0. The van der Waals surface area contributed by atoms with E-state index in [0.29, 0.717) is 42.7 Å². The molecule has 2 bridgehead atoms. The van der Waals surface area contributed by atoms with Crippen molar-refractivity contribution in [3.8, 4) is 0 Å². The Hall–Kier alpha value is -3.65. The molecule has 0 amide bonds. The number of rotatable bonds is 6. The third-order valence-corrected chi connectivity index (χ3v) is 11.8. The zero-order valence-corrected chi connectivity index (χ0v) is 33.2. The molecule has 6 rings (SSSR count). The number of aliphatic hydroxyl groups is 2. The molecule has 4 aliphatic heterocycles. The van der Waals surface area contributed by atoms with E-state index in [1.54, 1.807) is 49.4 Å². The van der Waals surface area contributed by atoms with Crippen LogP contribution in [0.2, 0.25) is 0 Å². The van der Waals surface area contributed by atoms with E-state index in [1.165, 1.54) is 14.2 Å². The number of carbonyl (C=O) groups excluding carboxylic acids is 2. The number of esters is 2. The standard InChI is InChI=1S/C43H57NO11/c1-24(2)36-27(5)19-20-42(55-36)23-31-22-30(54-42)18-17-26(4)37(52-40(47)34(44-50-8)29-14-10-9-11-15-29)25(3)13-12-16-32-41(49-7)53-38-35(45)28(6)21-33(39(46)51-31)43(32,38)48/h9-17,21,24-25,27,30-31,33,35-38,41,45,48H,18-20,22-23H2,1-8H3/b13-12+,26-17+,32-16+,44-34+/t25-,27-,30?,31?,33?,35+,36?,37?,38?,41-,42?,43+/m0/s1. The van der Waals surface area contributed by atoms with Gasteiger partial charge in [0.15, 0.2) is 17.8 Å². The SMILES string of the molecule is CO/N=C(/C(=O)OC1/C(C)=C/CC2CC(CC3(CC[C@H](C)C(C(C)C)O3)O2)OC(=O)C2C=C(C)[C@@H](O)C3O[C@H](OC)/C(=C\C=C\[C@@H]1C)[C@@]23O)c1ccccc1. The van der Waals surface area contributed by atoms with Crippen LogP contribution in [0, 0.1) is 23.7 Å². The van der Waals surface area contributed by atoms with Gasteiger partial charge in [-0.1, -0.05) is 93.6 Å². The quantitative estimate of drug-likeness (QED) is 0.159. The van der Waals surface area contributed by atoms with Gasteiger partial charge in [-0.05, 0) is 49.7 Å². The molecule has 3 saturated heterocycles. The number of nitrogens with zero attached hydrogens (tertiary/aromatic N) is 1. The molecule has 5 aliphatic rings. The molecule has 1 aromatic rings. The Morgan fingerprint density at radius 3 is 2.49 bits per heavy atom. The van der Waals surface area contributed by atoms with E-state index in [9.17, 15) is 19.8 Å². The highest BCUT2D eigenvalue weighted by atomic mass is 16.7. The zero-order chi connectivity index (χ0) is 39.7. The second-order valence-corrected chi connectivity index (χ2v) is 16.1. The summed E-state index contributed by atoms with van der Waals surface area (Å²) in [5.74, 6) is -3.31. The number of methoxy groups -OCH3 is 1. The largest absolute Gasteiger partial charge is 0.462 e. The molecule has 0 aromatic heterocycles. The van der Waals surface area contributed by atoms with E-state index >= 15 is 0 Å².